The fourth-order valence-electron chi connectivity index (χ4n) is 3.25. The predicted octanol–water partition coefficient (Wildman–Crippen LogP) is 4.44. The van der Waals surface area contributed by atoms with Gasteiger partial charge in [-0.3, -0.25) is 4.79 Å². The van der Waals surface area contributed by atoms with Crippen LogP contribution in [0.25, 0.3) is 11.1 Å². The Labute approximate surface area is 173 Å². The molecular formula is C22H17ClFNO3S. The smallest absolute Gasteiger partial charge is 0.253 e. The number of hydrogen-bond acceptors (Lipinski definition) is 3. The van der Waals surface area contributed by atoms with E-state index in [0.717, 1.165) is 11.1 Å². The number of benzene rings is 3. The summed E-state index contributed by atoms with van der Waals surface area (Å²) in [7, 11) is -3.50. The van der Waals surface area contributed by atoms with Gasteiger partial charge in [-0.2, -0.15) is 0 Å². The number of rotatable bonds is 4. The Morgan fingerprint density at radius 2 is 1.38 bits per heavy atom. The Balaban J connectivity index is 1.42. The largest absolute Gasteiger partial charge is 0.336 e. The quantitative estimate of drug-likeness (QED) is 0.616. The first-order valence-electron chi connectivity index (χ1n) is 8.99. The van der Waals surface area contributed by atoms with Crippen molar-refractivity contribution in [2.45, 2.75) is 10.1 Å². The van der Waals surface area contributed by atoms with Crippen molar-refractivity contribution in [1.29, 1.82) is 0 Å². The van der Waals surface area contributed by atoms with Crippen LogP contribution in [-0.2, 0) is 9.84 Å². The van der Waals surface area contributed by atoms with E-state index in [9.17, 15) is 17.6 Å². The average Bonchev–Trinajstić information content (AvgIpc) is 2.67. The summed E-state index contributed by atoms with van der Waals surface area (Å²) in [5.74, 6) is -0.514. The van der Waals surface area contributed by atoms with Gasteiger partial charge in [0.2, 0.25) is 0 Å². The van der Waals surface area contributed by atoms with E-state index < -0.39 is 15.1 Å². The molecule has 0 aliphatic carbocycles. The van der Waals surface area contributed by atoms with Gasteiger partial charge in [-0.05, 0) is 59.7 Å². The van der Waals surface area contributed by atoms with Gasteiger partial charge in [-0.25, -0.2) is 12.8 Å². The fraction of sp³-hybridized carbons (Fsp3) is 0.136. The number of nitrogens with zero attached hydrogens (tertiary/aromatic N) is 1. The minimum absolute atomic E-state index is 0.156. The van der Waals surface area contributed by atoms with Crippen molar-refractivity contribution in [3.63, 3.8) is 0 Å². The van der Waals surface area contributed by atoms with Crippen LogP contribution >= 0.6 is 11.6 Å². The van der Waals surface area contributed by atoms with E-state index in [4.69, 9.17) is 11.6 Å². The summed E-state index contributed by atoms with van der Waals surface area (Å²) in [6.45, 7) is 0.313. The SMILES string of the molecule is O=C(c1ccc(-c2ccc(F)cc2)cc1)N1CC(S(=O)(=O)c2ccc(Cl)cc2)C1. The molecule has 3 aromatic rings. The molecule has 0 atom stereocenters. The summed E-state index contributed by atoms with van der Waals surface area (Å²) in [6.07, 6.45) is 0. The van der Waals surface area contributed by atoms with Crippen LogP contribution in [0.3, 0.4) is 0 Å². The van der Waals surface area contributed by atoms with Crippen LogP contribution in [0.1, 0.15) is 10.4 Å². The zero-order chi connectivity index (χ0) is 20.6. The Kier molecular flexibility index (Phi) is 5.15. The highest BCUT2D eigenvalue weighted by atomic mass is 35.5. The van der Waals surface area contributed by atoms with Crippen molar-refractivity contribution in [2.24, 2.45) is 0 Å². The number of halogens is 2. The highest BCUT2D eigenvalue weighted by molar-refractivity contribution is 7.92. The molecule has 1 heterocycles. The topological polar surface area (TPSA) is 54.5 Å². The Morgan fingerprint density at radius 1 is 0.862 bits per heavy atom. The Morgan fingerprint density at radius 3 is 1.93 bits per heavy atom. The third-order valence-electron chi connectivity index (χ3n) is 5.03. The lowest BCUT2D eigenvalue weighted by Gasteiger charge is -2.38. The van der Waals surface area contributed by atoms with Gasteiger partial charge in [-0.15, -0.1) is 0 Å². The maximum Gasteiger partial charge on any atom is 0.253 e. The lowest BCUT2D eigenvalue weighted by atomic mass is 10.0. The second-order valence-electron chi connectivity index (χ2n) is 6.92. The van der Waals surface area contributed by atoms with E-state index in [1.165, 1.54) is 29.2 Å². The molecule has 0 aromatic heterocycles. The van der Waals surface area contributed by atoms with Crippen LogP contribution in [-0.4, -0.2) is 37.6 Å². The molecule has 0 spiro atoms. The fourth-order valence-corrected chi connectivity index (χ4v) is 5.03. The standard InChI is InChI=1S/C22H17ClFNO3S/c23-18-7-11-20(12-8-18)29(27,28)21-13-25(14-21)22(26)17-3-1-15(2-4-17)16-5-9-19(24)10-6-16/h1-12,21H,13-14H2. The summed E-state index contributed by atoms with van der Waals surface area (Å²) in [5.41, 5.74) is 2.20. The predicted molar refractivity (Wildman–Crippen MR) is 110 cm³/mol. The molecule has 29 heavy (non-hydrogen) atoms. The van der Waals surface area contributed by atoms with Gasteiger partial charge < -0.3 is 4.90 Å². The molecule has 0 bridgehead atoms. The van der Waals surface area contributed by atoms with Crippen molar-refractivity contribution in [3.05, 3.63) is 89.2 Å². The number of hydrogen-bond donors (Lipinski definition) is 0. The maximum atomic E-state index is 13.0. The van der Waals surface area contributed by atoms with Crippen molar-refractivity contribution >= 4 is 27.3 Å². The molecule has 0 radical (unpaired) electrons. The van der Waals surface area contributed by atoms with Crippen LogP contribution in [0.4, 0.5) is 4.39 Å². The van der Waals surface area contributed by atoms with E-state index in [0.29, 0.717) is 10.6 Å². The van der Waals surface area contributed by atoms with Gasteiger partial charge in [-0.1, -0.05) is 35.9 Å². The maximum absolute atomic E-state index is 13.0. The molecule has 1 fully saturated rings. The van der Waals surface area contributed by atoms with E-state index in [1.54, 1.807) is 48.5 Å². The highest BCUT2D eigenvalue weighted by Gasteiger charge is 2.40. The second-order valence-corrected chi connectivity index (χ2v) is 9.58. The molecule has 3 aromatic carbocycles. The summed E-state index contributed by atoms with van der Waals surface area (Å²) >= 11 is 5.81. The molecule has 0 N–H and O–H groups in total. The van der Waals surface area contributed by atoms with Gasteiger partial charge in [0.1, 0.15) is 11.1 Å². The molecule has 7 heteroatoms. The van der Waals surface area contributed by atoms with Crippen LogP contribution in [0.5, 0.6) is 0 Å². The molecule has 0 saturated carbocycles. The van der Waals surface area contributed by atoms with Gasteiger partial charge in [0.25, 0.3) is 5.91 Å². The van der Waals surface area contributed by atoms with Gasteiger partial charge in [0.15, 0.2) is 9.84 Å². The number of amides is 1. The molecule has 4 nitrogen and oxygen atoms in total. The summed E-state index contributed by atoms with van der Waals surface area (Å²) in [4.78, 5) is 14.4. The van der Waals surface area contributed by atoms with Crippen LogP contribution in [0.2, 0.25) is 5.02 Å². The normalized spacial score (nSPS) is 14.5. The summed E-state index contributed by atoms with van der Waals surface area (Å²) in [5, 5.41) is -0.149. The van der Waals surface area contributed by atoms with Crippen LogP contribution in [0, 0.1) is 5.82 Å². The van der Waals surface area contributed by atoms with Crippen molar-refractivity contribution in [1.82, 2.24) is 4.90 Å². The molecule has 1 aliphatic heterocycles. The van der Waals surface area contributed by atoms with E-state index >= 15 is 0 Å². The number of carbonyl (C=O) groups excluding carboxylic acids is 1. The van der Waals surface area contributed by atoms with Crippen LogP contribution < -0.4 is 0 Å². The summed E-state index contributed by atoms with van der Waals surface area (Å²) in [6, 6.07) is 19.1. The minimum atomic E-state index is -3.50. The van der Waals surface area contributed by atoms with Gasteiger partial charge >= 0.3 is 0 Å². The van der Waals surface area contributed by atoms with Gasteiger partial charge in [0.05, 0.1) is 4.90 Å². The third-order valence-corrected chi connectivity index (χ3v) is 7.38. The van der Waals surface area contributed by atoms with Crippen molar-refractivity contribution < 1.29 is 17.6 Å². The first kappa shape index (κ1) is 19.6. The zero-order valence-corrected chi connectivity index (χ0v) is 16.8. The molecular weight excluding hydrogens is 413 g/mol. The first-order chi connectivity index (χ1) is 13.8. The first-order valence-corrected chi connectivity index (χ1v) is 10.9. The highest BCUT2D eigenvalue weighted by Crippen LogP contribution is 2.27. The molecule has 4 rings (SSSR count). The molecule has 1 amide bonds. The van der Waals surface area contributed by atoms with E-state index in [-0.39, 0.29) is 29.7 Å². The molecule has 148 valence electrons. The van der Waals surface area contributed by atoms with Crippen LogP contribution in [0.15, 0.2) is 77.7 Å². The van der Waals surface area contributed by atoms with Crippen molar-refractivity contribution in [3.8, 4) is 11.1 Å². The third kappa shape index (κ3) is 3.91. The van der Waals surface area contributed by atoms with E-state index in [1.807, 2.05) is 0 Å². The molecule has 0 unspecified atom stereocenters. The number of likely N-dealkylation sites (tertiary alicyclic amines) is 1. The van der Waals surface area contributed by atoms with Crippen molar-refractivity contribution in [2.75, 3.05) is 13.1 Å². The number of sulfone groups is 1. The Bertz CT molecular complexity index is 1140. The monoisotopic (exact) mass is 429 g/mol. The number of carbonyl (C=O) groups is 1. The average molecular weight is 430 g/mol. The van der Waals surface area contributed by atoms with Gasteiger partial charge in [0, 0.05) is 23.7 Å². The summed E-state index contributed by atoms with van der Waals surface area (Å²) < 4.78 is 38.3. The minimum Gasteiger partial charge on any atom is -0.336 e. The Hall–Kier alpha value is -2.70. The lowest BCUT2D eigenvalue weighted by Crippen LogP contribution is -2.56. The molecule has 1 saturated heterocycles. The second kappa shape index (κ2) is 7.61. The lowest BCUT2D eigenvalue weighted by molar-refractivity contribution is 0.0659. The molecule has 1 aliphatic rings. The van der Waals surface area contributed by atoms with E-state index in [2.05, 4.69) is 0 Å². The zero-order valence-electron chi connectivity index (χ0n) is 15.3.